The SMILES string of the molecule is C=C(CCn1cc(-c2cnc(N)c(OC(F)(F)F)c2)nc1C1CCCC1)N1CCOCC1. The molecule has 1 saturated heterocycles. The first-order chi connectivity index (χ1) is 15.3. The van der Waals surface area contributed by atoms with E-state index in [9.17, 15) is 13.2 Å². The zero-order chi connectivity index (χ0) is 22.7. The number of ether oxygens (including phenoxy) is 2. The summed E-state index contributed by atoms with van der Waals surface area (Å²) in [6.45, 7) is 8.00. The predicted molar refractivity (Wildman–Crippen MR) is 114 cm³/mol. The number of anilines is 1. The third-order valence-corrected chi connectivity index (χ3v) is 6.03. The quantitative estimate of drug-likeness (QED) is 0.676. The van der Waals surface area contributed by atoms with Gasteiger partial charge >= 0.3 is 6.36 Å². The molecule has 2 aromatic heterocycles. The van der Waals surface area contributed by atoms with Crippen molar-refractivity contribution in [2.24, 2.45) is 0 Å². The number of allylic oxidation sites excluding steroid dienone is 1. The standard InChI is InChI=1S/C22H28F3N5O2/c1-15(29-8-10-31-11-9-29)6-7-30-14-18(28-21(30)16-4-2-3-5-16)17-12-19(20(26)27-13-17)32-22(23,24)25/h12-14,16H,1-11H2,(H2,26,27). The zero-order valence-electron chi connectivity index (χ0n) is 17.9. The molecular formula is C22H28F3N5O2. The van der Waals surface area contributed by atoms with Crippen LogP contribution < -0.4 is 10.5 Å². The van der Waals surface area contributed by atoms with Crippen LogP contribution in [0.3, 0.4) is 0 Å². The molecule has 1 aliphatic carbocycles. The van der Waals surface area contributed by atoms with Gasteiger partial charge in [-0.1, -0.05) is 19.4 Å². The number of hydrogen-bond donors (Lipinski definition) is 1. The third-order valence-electron chi connectivity index (χ3n) is 6.03. The van der Waals surface area contributed by atoms with Crippen LogP contribution in [-0.4, -0.2) is 52.1 Å². The van der Waals surface area contributed by atoms with E-state index in [4.69, 9.17) is 15.5 Å². The van der Waals surface area contributed by atoms with Crippen LogP contribution in [0.25, 0.3) is 11.3 Å². The molecule has 7 nitrogen and oxygen atoms in total. The Morgan fingerprint density at radius 2 is 1.97 bits per heavy atom. The van der Waals surface area contributed by atoms with Crippen LogP contribution >= 0.6 is 0 Å². The molecule has 1 aliphatic heterocycles. The maximum Gasteiger partial charge on any atom is 0.573 e. The average Bonchev–Trinajstić information content (AvgIpc) is 3.43. The molecule has 0 aromatic carbocycles. The van der Waals surface area contributed by atoms with Gasteiger partial charge in [-0.05, 0) is 18.9 Å². The molecule has 0 amide bonds. The third kappa shape index (κ3) is 5.35. The number of aromatic nitrogens is 3. The summed E-state index contributed by atoms with van der Waals surface area (Å²) in [7, 11) is 0. The first kappa shape index (κ1) is 22.4. The summed E-state index contributed by atoms with van der Waals surface area (Å²) in [5, 5.41) is 0. The van der Waals surface area contributed by atoms with Crippen molar-refractivity contribution in [3.8, 4) is 17.0 Å². The van der Waals surface area contributed by atoms with Gasteiger partial charge in [0.1, 0.15) is 5.82 Å². The number of imidazole rings is 1. The molecule has 174 valence electrons. The van der Waals surface area contributed by atoms with Crippen molar-refractivity contribution in [1.82, 2.24) is 19.4 Å². The van der Waals surface area contributed by atoms with Gasteiger partial charge in [0.15, 0.2) is 11.6 Å². The lowest BCUT2D eigenvalue weighted by molar-refractivity contribution is -0.274. The lowest BCUT2D eigenvalue weighted by Crippen LogP contribution is -2.35. The molecule has 2 fully saturated rings. The highest BCUT2D eigenvalue weighted by molar-refractivity contribution is 5.63. The number of nitrogens with two attached hydrogens (primary N) is 1. The lowest BCUT2D eigenvalue weighted by Gasteiger charge is -2.30. The summed E-state index contributed by atoms with van der Waals surface area (Å²) < 4.78 is 49.7. The van der Waals surface area contributed by atoms with Crippen molar-refractivity contribution in [1.29, 1.82) is 0 Å². The predicted octanol–water partition coefficient (Wildman–Crippen LogP) is 4.32. The van der Waals surface area contributed by atoms with Gasteiger partial charge in [-0.2, -0.15) is 0 Å². The Morgan fingerprint density at radius 3 is 2.66 bits per heavy atom. The normalized spacial score (nSPS) is 17.7. The van der Waals surface area contributed by atoms with Gasteiger partial charge in [0.05, 0.1) is 18.9 Å². The average molecular weight is 451 g/mol. The monoisotopic (exact) mass is 451 g/mol. The van der Waals surface area contributed by atoms with Crippen LogP contribution in [-0.2, 0) is 11.3 Å². The second-order valence-corrected chi connectivity index (χ2v) is 8.23. The van der Waals surface area contributed by atoms with Gasteiger partial charge in [0.2, 0.25) is 0 Å². The van der Waals surface area contributed by atoms with Gasteiger partial charge in [-0.15, -0.1) is 13.2 Å². The van der Waals surface area contributed by atoms with Gasteiger partial charge in [-0.25, -0.2) is 9.97 Å². The number of rotatable bonds is 7. The van der Waals surface area contributed by atoms with Crippen LogP contribution in [0.5, 0.6) is 5.75 Å². The van der Waals surface area contributed by atoms with Gasteiger partial charge in [0.25, 0.3) is 0 Å². The molecule has 3 heterocycles. The highest BCUT2D eigenvalue weighted by Gasteiger charge is 2.32. The lowest BCUT2D eigenvalue weighted by atomic mass is 10.1. The second kappa shape index (κ2) is 9.40. The van der Waals surface area contributed by atoms with E-state index in [1.807, 2.05) is 6.20 Å². The highest BCUT2D eigenvalue weighted by Crippen LogP contribution is 2.36. The minimum atomic E-state index is -4.84. The fraction of sp³-hybridized carbons (Fsp3) is 0.545. The Labute approximate surface area is 185 Å². The van der Waals surface area contributed by atoms with E-state index in [0.717, 1.165) is 56.7 Å². The zero-order valence-corrected chi connectivity index (χ0v) is 17.9. The summed E-state index contributed by atoms with van der Waals surface area (Å²) in [5.74, 6) is 0.464. The van der Waals surface area contributed by atoms with E-state index >= 15 is 0 Å². The summed E-state index contributed by atoms with van der Waals surface area (Å²) in [6, 6.07) is 1.24. The molecule has 10 heteroatoms. The summed E-state index contributed by atoms with van der Waals surface area (Å²) >= 11 is 0. The second-order valence-electron chi connectivity index (χ2n) is 8.23. The molecule has 0 radical (unpaired) electrons. The van der Waals surface area contributed by atoms with Gasteiger partial charge < -0.3 is 24.7 Å². The first-order valence-corrected chi connectivity index (χ1v) is 10.9. The van der Waals surface area contributed by atoms with Crippen LogP contribution in [0.2, 0.25) is 0 Å². The van der Waals surface area contributed by atoms with Crippen LogP contribution in [0.1, 0.15) is 43.8 Å². The van der Waals surface area contributed by atoms with Crippen molar-refractivity contribution in [2.75, 3.05) is 32.0 Å². The minimum absolute atomic E-state index is 0.316. The molecule has 2 N–H and O–H groups in total. The van der Waals surface area contributed by atoms with Crippen molar-refractivity contribution >= 4 is 5.82 Å². The number of pyridine rings is 1. The highest BCUT2D eigenvalue weighted by atomic mass is 19.4. The van der Waals surface area contributed by atoms with Crippen LogP contribution in [0.15, 0.2) is 30.7 Å². The number of hydrogen-bond acceptors (Lipinski definition) is 6. The Bertz CT molecular complexity index is 948. The smallest absolute Gasteiger partial charge is 0.402 e. The molecule has 32 heavy (non-hydrogen) atoms. The first-order valence-electron chi connectivity index (χ1n) is 10.9. The maximum atomic E-state index is 12.7. The topological polar surface area (TPSA) is 78.4 Å². The summed E-state index contributed by atoms with van der Waals surface area (Å²) in [6.07, 6.45) is 3.65. The van der Waals surface area contributed by atoms with E-state index in [-0.39, 0.29) is 5.82 Å². The van der Waals surface area contributed by atoms with E-state index in [1.165, 1.54) is 12.3 Å². The number of alkyl halides is 3. The molecule has 0 bridgehead atoms. The molecule has 0 atom stereocenters. The molecule has 2 aromatic rings. The fourth-order valence-corrected chi connectivity index (χ4v) is 4.35. The number of nitrogen functional groups attached to an aromatic ring is 1. The summed E-state index contributed by atoms with van der Waals surface area (Å²) in [5.41, 5.74) is 7.62. The van der Waals surface area contributed by atoms with Crippen molar-refractivity contribution in [3.05, 3.63) is 36.6 Å². The van der Waals surface area contributed by atoms with E-state index in [1.54, 1.807) is 0 Å². The Morgan fingerprint density at radius 1 is 1.25 bits per heavy atom. The number of nitrogens with zero attached hydrogens (tertiary/aromatic N) is 4. The van der Waals surface area contributed by atoms with E-state index in [0.29, 0.717) is 36.9 Å². The van der Waals surface area contributed by atoms with Crippen molar-refractivity contribution in [2.45, 2.75) is 50.9 Å². The largest absolute Gasteiger partial charge is 0.573 e. The molecular weight excluding hydrogens is 423 g/mol. The Hall–Kier alpha value is -2.75. The van der Waals surface area contributed by atoms with Crippen LogP contribution in [0, 0.1) is 0 Å². The minimum Gasteiger partial charge on any atom is -0.402 e. The van der Waals surface area contributed by atoms with Crippen molar-refractivity contribution < 1.29 is 22.6 Å². The fourth-order valence-electron chi connectivity index (χ4n) is 4.35. The number of halogens is 3. The van der Waals surface area contributed by atoms with Crippen LogP contribution in [0.4, 0.5) is 19.0 Å². The summed E-state index contributed by atoms with van der Waals surface area (Å²) in [4.78, 5) is 10.9. The maximum absolute atomic E-state index is 12.7. The number of morpholine rings is 1. The Balaban J connectivity index is 1.57. The molecule has 0 spiro atoms. The molecule has 4 rings (SSSR count). The van der Waals surface area contributed by atoms with Crippen molar-refractivity contribution in [3.63, 3.8) is 0 Å². The molecule has 1 saturated carbocycles. The van der Waals surface area contributed by atoms with E-state index < -0.39 is 12.1 Å². The van der Waals surface area contributed by atoms with Gasteiger partial charge in [-0.3, -0.25) is 0 Å². The molecule has 0 unspecified atom stereocenters. The number of aryl methyl sites for hydroxylation is 1. The molecule has 2 aliphatic rings. The van der Waals surface area contributed by atoms with Gasteiger partial charge in [0, 0.05) is 55.6 Å². The van der Waals surface area contributed by atoms with E-state index in [2.05, 4.69) is 25.8 Å². The Kier molecular flexibility index (Phi) is 6.59.